The van der Waals surface area contributed by atoms with Gasteiger partial charge in [0.25, 0.3) is 17.7 Å². The molecular formula is C17H18FN3O4S. The van der Waals surface area contributed by atoms with Crippen LogP contribution in [0.3, 0.4) is 0 Å². The van der Waals surface area contributed by atoms with Gasteiger partial charge >= 0.3 is 0 Å². The number of thiophene rings is 1. The van der Waals surface area contributed by atoms with Gasteiger partial charge in [-0.1, -0.05) is 18.2 Å². The van der Waals surface area contributed by atoms with Crippen molar-refractivity contribution >= 4 is 29.1 Å². The number of para-hydroxylation sites is 1. The summed E-state index contributed by atoms with van der Waals surface area (Å²) in [5.41, 5.74) is 4.37. The number of hydrogen-bond acceptors (Lipinski definition) is 5. The van der Waals surface area contributed by atoms with Crippen molar-refractivity contribution in [1.82, 2.24) is 16.2 Å². The molecule has 0 aliphatic rings. The maximum absolute atomic E-state index is 13.5. The standard InChI is InChI=1S/C17H18FN3O4S/c1-10(19-17(24)14-8-5-9-26-14)15(22)20-21-16(23)11(2)25-13-7-4-3-6-12(13)18/h3-11H,1-2H3,(H,19,24)(H,20,22)(H,21,23). The third kappa shape index (κ3) is 5.28. The largest absolute Gasteiger partial charge is 0.478 e. The molecule has 0 bridgehead atoms. The molecule has 138 valence electrons. The molecule has 0 spiro atoms. The van der Waals surface area contributed by atoms with Crippen molar-refractivity contribution < 1.29 is 23.5 Å². The average Bonchev–Trinajstić information content (AvgIpc) is 3.15. The van der Waals surface area contributed by atoms with E-state index in [0.717, 1.165) is 0 Å². The summed E-state index contributed by atoms with van der Waals surface area (Å²) in [6.07, 6.45) is -1.04. The van der Waals surface area contributed by atoms with Crippen LogP contribution in [0.1, 0.15) is 23.5 Å². The number of hydrazine groups is 1. The zero-order chi connectivity index (χ0) is 19.1. The number of halogens is 1. The molecule has 26 heavy (non-hydrogen) atoms. The first-order valence-electron chi connectivity index (χ1n) is 7.73. The Morgan fingerprint density at radius 2 is 1.73 bits per heavy atom. The second kappa shape index (κ2) is 8.95. The van der Waals surface area contributed by atoms with Gasteiger partial charge in [-0.15, -0.1) is 11.3 Å². The van der Waals surface area contributed by atoms with E-state index in [1.807, 2.05) is 0 Å². The zero-order valence-corrected chi connectivity index (χ0v) is 14.9. The third-order valence-corrected chi connectivity index (χ3v) is 4.17. The molecule has 0 saturated carbocycles. The molecule has 2 rings (SSSR count). The van der Waals surface area contributed by atoms with Gasteiger partial charge in [0.2, 0.25) is 0 Å². The fourth-order valence-electron chi connectivity index (χ4n) is 1.86. The van der Waals surface area contributed by atoms with Crippen molar-refractivity contribution in [3.63, 3.8) is 0 Å². The summed E-state index contributed by atoms with van der Waals surface area (Å²) in [4.78, 5) is 36.2. The quantitative estimate of drug-likeness (QED) is 0.665. The molecule has 1 aromatic heterocycles. The first-order valence-corrected chi connectivity index (χ1v) is 8.61. The Bertz CT molecular complexity index is 782. The maximum Gasteiger partial charge on any atom is 0.279 e. The first-order chi connectivity index (χ1) is 12.4. The van der Waals surface area contributed by atoms with Gasteiger partial charge in [-0.25, -0.2) is 4.39 Å². The minimum atomic E-state index is -1.04. The lowest BCUT2D eigenvalue weighted by Gasteiger charge is -2.17. The normalized spacial score (nSPS) is 12.6. The summed E-state index contributed by atoms with van der Waals surface area (Å²) in [7, 11) is 0. The van der Waals surface area contributed by atoms with Gasteiger partial charge in [0.15, 0.2) is 17.7 Å². The molecule has 3 N–H and O–H groups in total. The summed E-state index contributed by atoms with van der Waals surface area (Å²) < 4.78 is 18.7. The van der Waals surface area contributed by atoms with Crippen LogP contribution in [0, 0.1) is 5.82 Å². The molecule has 0 fully saturated rings. The van der Waals surface area contributed by atoms with Crippen LogP contribution in [0.4, 0.5) is 4.39 Å². The fourth-order valence-corrected chi connectivity index (χ4v) is 2.49. The Labute approximate surface area is 153 Å². The van der Waals surface area contributed by atoms with Gasteiger partial charge in [-0.3, -0.25) is 25.2 Å². The summed E-state index contributed by atoms with van der Waals surface area (Å²) in [5, 5.41) is 4.26. The summed E-state index contributed by atoms with van der Waals surface area (Å²) in [6.45, 7) is 2.89. The molecule has 0 aliphatic carbocycles. The number of carbonyl (C=O) groups is 3. The minimum absolute atomic E-state index is 0.0712. The van der Waals surface area contributed by atoms with E-state index in [9.17, 15) is 18.8 Å². The summed E-state index contributed by atoms with van der Waals surface area (Å²) >= 11 is 1.25. The Kier molecular flexibility index (Phi) is 6.67. The van der Waals surface area contributed by atoms with E-state index in [2.05, 4.69) is 16.2 Å². The van der Waals surface area contributed by atoms with E-state index < -0.39 is 29.8 Å². The molecule has 3 amide bonds. The molecule has 2 unspecified atom stereocenters. The van der Waals surface area contributed by atoms with Gasteiger partial charge in [-0.05, 0) is 37.4 Å². The van der Waals surface area contributed by atoms with Crippen molar-refractivity contribution in [3.8, 4) is 5.75 Å². The second-order valence-corrected chi connectivity index (χ2v) is 6.29. The van der Waals surface area contributed by atoms with Crippen LogP contribution in [-0.4, -0.2) is 29.9 Å². The highest BCUT2D eigenvalue weighted by Gasteiger charge is 2.20. The van der Waals surface area contributed by atoms with Crippen LogP contribution in [0.15, 0.2) is 41.8 Å². The molecule has 2 atom stereocenters. The van der Waals surface area contributed by atoms with Gasteiger partial charge in [0.1, 0.15) is 6.04 Å². The van der Waals surface area contributed by atoms with E-state index in [1.165, 1.54) is 43.4 Å². The van der Waals surface area contributed by atoms with Gasteiger partial charge in [-0.2, -0.15) is 0 Å². The molecule has 2 aromatic rings. The third-order valence-electron chi connectivity index (χ3n) is 3.30. The van der Waals surface area contributed by atoms with Crippen molar-refractivity contribution in [2.75, 3.05) is 0 Å². The van der Waals surface area contributed by atoms with Crippen molar-refractivity contribution in [2.24, 2.45) is 0 Å². The molecule has 9 heteroatoms. The molecular weight excluding hydrogens is 361 g/mol. The molecule has 0 aliphatic heterocycles. The van der Waals surface area contributed by atoms with Crippen molar-refractivity contribution in [1.29, 1.82) is 0 Å². The topological polar surface area (TPSA) is 96.5 Å². The summed E-state index contributed by atoms with van der Waals surface area (Å²) in [6, 6.07) is 8.16. The average molecular weight is 379 g/mol. The lowest BCUT2D eigenvalue weighted by molar-refractivity contribution is -0.133. The number of nitrogens with one attached hydrogen (secondary N) is 3. The maximum atomic E-state index is 13.5. The molecule has 1 heterocycles. The van der Waals surface area contributed by atoms with Gasteiger partial charge in [0, 0.05) is 0 Å². The number of ether oxygens (including phenoxy) is 1. The van der Waals surface area contributed by atoms with Crippen LogP contribution in [0.25, 0.3) is 0 Å². The van der Waals surface area contributed by atoms with E-state index in [1.54, 1.807) is 23.6 Å². The fraction of sp³-hybridized carbons (Fsp3) is 0.235. The van der Waals surface area contributed by atoms with Crippen LogP contribution >= 0.6 is 11.3 Å². The van der Waals surface area contributed by atoms with E-state index in [4.69, 9.17) is 4.74 Å². The molecule has 0 radical (unpaired) electrons. The highest BCUT2D eigenvalue weighted by atomic mass is 32.1. The highest BCUT2D eigenvalue weighted by molar-refractivity contribution is 7.12. The second-order valence-electron chi connectivity index (χ2n) is 5.34. The van der Waals surface area contributed by atoms with Crippen LogP contribution in [-0.2, 0) is 9.59 Å². The molecule has 1 aromatic carbocycles. The Morgan fingerprint density at radius 3 is 2.38 bits per heavy atom. The monoisotopic (exact) mass is 379 g/mol. The Morgan fingerprint density at radius 1 is 1.04 bits per heavy atom. The van der Waals surface area contributed by atoms with E-state index in [-0.39, 0.29) is 11.7 Å². The lowest BCUT2D eigenvalue weighted by Crippen LogP contribution is -2.53. The predicted octanol–water partition coefficient (Wildman–Crippen LogP) is 1.62. The number of carbonyl (C=O) groups excluding carboxylic acids is 3. The Hall–Kier alpha value is -2.94. The number of amides is 3. The van der Waals surface area contributed by atoms with Crippen molar-refractivity contribution in [2.45, 2.75) is 26.0 Å². The molecule has 7 nitrogen and oxygen atoms in total. The number of benzene rings is 1. The smallest absolute Gasteiger partial charge is 0.279 e. The lowest BCUT2D eigenvalue weighted by atomic mass is 10.3. The zero-order valence-electron chi connectivity index (χ0n) is 14.1. The highest BCUT2D eigenvalue weighted by Crippen LogP contribution is 2.16. The van der Waals surface area contributed by atoms with Gasteiger partial charge < -0.3 is 10.1 Å². The number of hydrogen-bond donors (Lipinski definition) is 3. The van der Waals surface area contributed by atoms with E-state index >= 15 is 0 Å². The van der Waals surface area contributed by atoms with Gasteiger partial charge in [0.05, 0.1) is 4.88 Å². The molecule has 0 saturated heterocycles. The predicted molar refractivity (Wildman–Crippen MR) is 94.0 cm³/mol. The van der Waals surface area contributed by atoms with E-state index in [0.29, 0.717) is 4.88 Å². The first kappa shape index (κ1) is 19.4. The Balaban J connectivity index is 1.79. The number of rotatable bonds is 6. The summed E-state index contributed by atoms with van der Waals surface area (Å²) in [5.74, 6) is -2.33. The SMILES string of the molecule is CC(NC(=O)c1cccs1)C(=O)NNC(=O)C(C)Oc1ccccc1F. The van der Waals surface area contributed by atoms with Crippen LogP contribution in [0.2, 0.25) is 0 Å². The van der Waals surface area contributed by atoms with Crippen LogP contribution < -0.4 is 20.9 Å². The van der Waals surface area contributed by atoms with Crippen LogP contribution in [0.5, 0.6) is 5.75 Å². The van der Waals surface area contributed by atoms with Crippen molar-refractivity contribution in [3.05, 3.63) is 52.5 Å². The minimum Gasteiger partial charge on any atom is -0.478 e.